The van der Waals surface area contributed by atoms with Crippen LogP contribution < -0.4 is 15.4 Å². The molecule has 2 heterocycles. The molecule has 38 heavy (non-hydrogen) atoms. The van der Waals surface area contributed by atoms with E-state index in [0.29, 0.717) is 5.69 Å². The molecule has 1 fully saturated rings. The summed E-state index contributed by atoms with van der Waals surface area (Å²) >= 11 is 0. The van der Waals surface area contributed by atoms with Crippen LogP contribution in [0, 0.1) is 0 Å². The molecule has 2 aromatic rings. The van der Waals surface area contributed by atoms with Crippen LogP contribution >= 0.6 is 0 Å². The summed E-state index contributed by atoms with van der Waals surface area (Å²) in [5, 5.41) is 4.84. The number of nitrogens with zero attached hydrogens (tertiary/aromatic N) is 1. The van der Waals surface area contributed by atoms with Gasteiger partial charge in [0.25, 0.3) is 11.8 Å². The number of hydrogen-bond acceptors (Lipinski definition) is 8. The molecule has 198 valence electrons. The highest BCUT2D eigenvalue weighted by molar-refractivity contribution is 6.24. The van der Waals surface area contributed by atoms with Crippen molar-refractivity contribution in [3.8, 4) is 11.5 Å². The Bertz CT molecular complexity index is 1340. The number of rotatable bonds is 7. The number of imide groups is 2. The minimum Gasteiger partial charge on any atom is -0.460 e. The van der Waals surface area contributed by atoms with Crippen LogP contribution in [0.2, 0.25) is 0 Å². The van der Waals surface area contributed by atoms with E-state index in [1.165, 1.54) is 18.2 Å². The third-order valence-corrected chi connectivity index (χ3v) is 5.75. The number of fused-ring (bicyclic) bond motifs is 1. The quantitative estimate of drug-likeness (QED) is 0.417. The number of amides is 5. The molecular weight excluding hydrogens is 494 g/mol. The van der Waals surface area contributed by atoms with Gasteiger partial charge in [-0.2, -0.15) is 0 Å². The number of anilines is 1. The van der Waals surface area contributed by atoms with E-state index in [1.807, 2.05) is 0 Å². The summed E-state index contributed by atoms with van der Waals surface area (Å²) in [6, 6.07) is 9.85. The van der Waals surface area contributed by atoms with Gasteiger partial charge in [-0.3, -0.25) is 39.0 Å². The van der Waals surface area contributed by atoms with Crippen LogP contribution in [0.4, 0.5) is 5.69 Å². The van der Waals surface area contributed by atoms with E-state index in [2.05, 4.69) is 10.6 Å². The van der Waals surface area contributed by atoms with Crippen LogP contribution in [0.15, 0.2) is 42.5 Å². The zero-order valence-electron chi connectivity index (χ0n) is 21.2. The van der Waals surface area contributed by atoms with Crippen molar-refractivity contribution >= 4 is 41.2 Å². The topological polar surface area (TPSA) is 148 Å². The Balaban J connectivity index is 1.46. The minimum absolute atomic E-state index is 0.00833. The molecular formula is C27H27N3O8. The minimum atomic E-state index is -1.09. The van der Waals surface area contributed by atoms with Crippen molar-refractivity contribution in [3.05, 3.63) is 53.6 Å². The van der Waals surface area contributed by atoms with Crippen LogP contribution in [0.25, 0.3) is 0 Å². The molecule has 5 amide bonds. The van der Waals surface area contributed by atoms with Gasteiger partial charge < -0.3 is 14.8 Å². The Morgan fingerprint density at radius 3 is 2.47 bits per heavy atom. The maximum absolute atomic E-state index is 13.2. The Morgan fingerprint density at radius 2 is 1.76 bits per heavy atom. The Labute approximate surface area is 218 Å². The molecule has 0 saturated carbocycles. The number of carbonyl (C=O) groups is 6. The van der Waals surface area contributed by atoms with Crippen LogP contribution in [0.5, 0.6) is 11.5 Å². The average Bonchev–Trinajstić information content (AvgIpc) is 3.08. The van der Waals surface area contributed by atoms with Gasteiger partial charge in [-0.05, 0) is 51.5 Å². The summed E-state index contributed by atoms with van der Waals surface area (Å²) in [7, 11) is 0. The molecule has 4 rings (SSSR count). The highest BCUT2D eigenvalue weighted by atomic mass is 16.6. The summed E-state index contributed by atoms with van der Waals surface area (Å²) in [6.07, 6.45) is -0.0836. The Hall–Kier alpha value is -4.54. The molecule has 0 bridgehead atoms. The molecule has 0 aliphatic carbocycles. The molecule has 11 heteroatoms. The summed E-state index contributed by atoms with van der Waals surface area (Å²) in [5.74, 6) is -2.98. The van der Waals surface area contributed by atoms with Gasteiger partial charge in [-0.1, -0.05) is 12.1 Å². The normalized spacial score (nSPS) is 17.1. The molecule has 2 N–H and O–H groups in total. The lowest BCUT2D eigenvalue weighted by molar-refractivity contribution is -0.155. The molecule has 0 radical (unpaired) electrons. The molecule has 2 aromatic carbocycles. The fourth-order valence-electron chi connectivity index (χ4n) is 4.16. The van der Waals surface area contributed by atoms with Crippen LogP contribution in [0.1, 0.15) is 67.2 Å². The lowest BCUT2D eigenvalue weighted by Crippen LogP contribution is -2.54. The third-order valence-electron chi connectivity index (χ3n) is 5.75. The van der Waals surface area contributed by atoms with Crippen molar-refractivity contribution in [2.75, 3.05) is 5.32 Å². The van der Waals surface area contributed by atoms with Crippen molar-refractivity contribution < 1.29 is 38.2 Å². The fraction of sp³-hybridized carbons (Fsp3) is 0.333. The zero-order valence-corrected chi connectivity index (χ0v) is 21.2. The van der Waals surface area contributed by atoms with E-state index >= 15 is 0 Å². The van der Waals surface area contributed by atoms with Crippen LogP contribution in [-0.2, 0) is 23.9 Å². The molecule has 2 aliphatic rings. The van der Waals surface area contributed by atoms with E-state index in [9.17, 15) is 28.8 Å². The van der Waals surface area contributed by atoms with Crippen LogP contribution in [0.3, 0.4) is 0 Å². The van der Waals surface area contributed by atoms with Gasteiger partial charge >= 0.3 is 5.97 Å². The standard InChI is InChI=1S/C27H27N3O8/c1-27(2,3)38-22(33)13-12-20(31)28-15-6-4-7-16(14-15)37-19-9-5-8-17-23(19)26(36)30(25(17)35)18-10-11-21(32)29-24(18)34/h4-9,14,18H,10-13H2,1-3H3,(H,28,31)(H,29,32,34). The first kappa shape index (κ1) is 26.5. The van der Waals surface area contributed by atoms with Gasteiger partial charge in [0.1, 0.15) is 23.1 Å². The lowest BCUT2D eigenvalue weighted by atomic mass is 10.0. The van der Waals surface area contributed by atoms with Gasteiger partial charge in [0.2, 0.25) is 17.7 Å². The van der Waals surface area contributed by atoms with Gasteiger partial charge in [-0.15, -0.1) is 0 Å². The van der Waals surface area contributed by atoms with Crippen molar-refractivity contribution in [3.63, 3.8) is 0 Å². The van der Waals surface area contributed by atoms with E-state index in [1.54, 1.807) is 45.0 Å². The number of benzene rings is 2. The van der Waals surface area contributed by atoms with Gasteiger partial charge in [0.05, 0.1) is 17.5 Å². The number of esters is 1. The van der Waals surface area contributed by atoms with E-state index < -0.39 is 47.1 Å². The average molecular weight is 522 g/mol. The van der Waals surface area contributed by atoms with E-state index in [0.717, 1.165) is 4.90 Å². The number of hydrogen-bond donors (Lipinski definition) is 2. The lowest BCUT2D eigenvalue weighted by Gasteiger charge is -2.27. The monoisotopic (exact) mass is 521 g/mol. The summed E-state index contributed by atoms with van der Waals surface area (Å²) in [4.78, 5) is 75.1. The molecule has 2 aliphatic heterocycles. The molecule has 0 spiro atoms. The van der Waals surface area contributed by atoms with Crippen molar-refractivity contribution in [2.24, 2.45) is 0 Å². The van der Waals surface area contributed by atoms with Crippen molar-refractivity contribution in [1.82, 2.24) is 10.2 Å². The number of carbonyl (C=O) groups excluding carboxylic acids is 6. The molecule has 11 nitrogen and oxygen atoms in total. The molecule has 1 unspecified atom stereocenters. The highest BCUT2D eigenvalue weighted by Gasteiger charge is 2.46. The first-order valence-corrected chi connectivity index (χ1v) is 12.1. The first-order valence-electron chi connectivity index (χ1n) is 12.1. The highest BCUT2D eigenvalue weighted by Crippen LogP contribution is 2.36. The smallest absolute Gasteiger partial charge is 0.306 e. The second-order valence-electron chi connectivity index (χ2n) is 9.89. The number of nitrogens with one attached hydrogen (secondary N) is 2. The maximum Gasteiger partial charge on any atom is 0.306 e. The summed E-state index contributed by atoms with van der Waals surface area (Å²) in [6.45, 7) is 5.23. The summed E-state index contributed by atoms with van der Waals surface area (Å²) in [5.41, 5.74) is -0.142. The third kappa shape index (κ3) is 5.88. The number of piperidine rings is 1. The Morgan fingerprint density at radius 1 is 1.03 bits per heavy atom. The number of ether oxygens (including phenoxy) is 2. The molecule has 1 saturated heterocycles. The predicted octanol–water partition coefficient (Wildman–Crippen LogP) is 2.94. The fourth-order valence-corrected chi connectivity index (χ4v) is 4.16. The predicted molar refractivity (Wildman–Crippen MR) is 133 cm³/mol. The SMILES string of the molecule is CC(C)(C)OC(=O)CCC(=O)Nc1cccc(Oc2cccc3c2C(=O)N(C2CCC(=O)NC2=O)C3=O)c1. The largest absolute Gasteiger partial charge is 0.460 e. The second kappa shape index (κ2) is 10.4. The second-order valence-corrected chi connectivity index (χ2v) is 9.89. The van der Waals surface area contributed by atoms with Gasteiger partial charge in [0, 0.05) is 24.6 Å². The van der Waals surface area contributed by atoms with Crippen molar-refractivity contribution in [2.45, 2.75) is 58.1 Å². The zero-order chi connectivity index (χ0) is 27.6. The van der Waals surface area contributed by atoms with Crippen LogP contribution in [-0.4, -0.2) is 52.0 Å². The van der Waals surface area contributed by atoms with E-state index in [-0.39, 0.29) is 48.3 Å². The molecule has 1 atom stereocenters. The van der Waals surface area contributed by atoms with Gasteiger partial charge in [0.15, 0.2) is 0 Å². The summed E-state index contributed by atoms with van der Waals surface area (Å²) < 4.78 is 11.1. The maximum atomic E-state index is 13.2. The van der Waals surface area contributed by atoms with Crippen molar-refractivity contribution in [1.29, 1.82) is 0 Å². The first-order chi connectivity index (χ1) is 17.9. The van der Waals surface area contributed by atoms with Gasteiger partial charge in [-0.25, -0.2) is 0 Å². The molecule has 0 aromatic heterocycles. The Kier molecular flexibility index (Phi) is 7.29. The van der Waals surface area contributed by atoms with E-state index in [4.69, 9.17) is 9.47 Å².